The Kier molecular flexibility index (Phi) is 7.53. The van der Waals surface area contributed by atoms with Gasteiger partial charge in [-0.2, -0.15) is 0 Å². The van der Waals surface area contributed by atoms with Gasteiger partial charge in [0.2, 0.25) is 17.7 Å². The molecule has 0 aliphatic carbocycles. The lowest BCUT2D eigenvalue weighted by Crippen LogP contribution is -2.56. The van der Waals surface area contributed by atoms with E-state index < -0.39 is 35.1 Å². The van der Waals surface area contributed by atoms with Crippen molar-refractivity contribution < 1.29 is 24.2 Å². The van der Waals surface area contributed by atoms with Crippen LogP contribution < -0.4 is 10.6 Å². The van der Waals surface area contributed by atoms with Crippen LogP contribution in [0.15, 0.2) is 60.7 Å². The highest BCUT2D eigenvalue weighted by molar-refractivity contribution is 5.99. The predicted molar refractivity (Wildman–Crippen MR) is 146 cm³/mol. The van der Waals surface area contributed by atoms with Gasteiger partial charge in [0.1, 0.15) is 11.6 Å². The predicted octanol–water partition coefficient (Wildman–Crippen LogP) is 2.96. The number of ether oxygens (including phenoxy) is 1. The van der Waals surface area contributed by atoms with E-state index in [4.69, 9.17) is 4.74 Å². The molecule has 2 aromatic rings. The Morgan fingerprint density at radius 2 is 1.74 bits per heavy atom. The van der Waals surface area contributed by atoms with Crippen molar-refractivity contribution in [2.24, 2.45) is 17.8 Å². The van der Waals surface area contributed by atoms with Gasteiger partial charge in [-0.05, 0) is 36.8 Å². The molecule has 3 N–H and O–H groups in total. The van der Waals surface area contributed by atoms with E-state index in [9.17, 15) is 19.5 Å². The molecule has 39 heavy (non-hydrogen) atoms. The molecule has 5 rings (SSSR count). The maximum Gasteiger partial charge on any atom is 0.245 e. The van der Waals surface area contributed by atoms with Gasteiger partial charge >= 0.3 is 0 Å². The number of rotatable bonds is 10. The molecule has 1 spiro atoms. The molecular weight excluding hydrogens is 494 g/mol. The third-order valence-electron chi connectivity index (χ3n) is 9.12. The lowest BCUT2D eigenvalue weighted by atomic mass is 9.62. The molecular formula is C31H39N3O5. The Hall–Kier alpha value is -3.23. The van der Waals surface area contributed by atoms with E-state index in [1.807, 2.05) is 81.4 Å². The fourth-order valence-corrected chi connectivity index (χ4v) is 7.12. The first-order valence-corrected chi connectivity index (χ1v) is 14.1. The van der Waals surface area contributed by atoms with Gasteiger partial charge in [-0.25, -0.2) is 0 Å². The monoisotopic (exact) mass is 533 g/mol. The minimum absolute atomic E-state index is 0.0516. The Labute approximate surface area is 230 Å². The van der Waals surface area contributed by atoms with Crippen molar-refractivity contribution in [1.82, 2.24) is 15.5 Å². The molecule has 2 bridgehead atoms. The van der Waals surface area contributed by atoms with E-state index in [2.05, 4.69) is 10.6 Å². The third-order valence-corrected chi connectivity index (χ3v) is 9.12. The minimum atomic E-state index is -1.15. The van der Waals surface area contributed by atoms with Gasteiger partial charge in [-0.15, -0.1) is 0 Å². The Morgan fingerprint density at radius 1 is 1.08 bits per heavy atom. The first-order chi connectivity index (χ1) is 18.8. The smallest absolute Gasteiger partial charge is 0.245 e. The van der Waals surface area contributed by atoms with Crippen LogP contribution in [0.2, 0.25) is 0 Å². The molecule has 208 valence electrons. The van der Waals surface area contributed by atoms with Crippen LogP contribution in [0.5, 0.6) is 0 Å². The van der Waals surface area contributed by atoms with E-state index in [1.165, 1.54) is 4.90 Å². The Morgan fingerprint density at radius 3 is 2.38 bits per heavy atom. The number of amides is 3. The van der Waals surface area contributed by atoms with Gasteiger partial charge in [0.15, 0.2) is 0 Å². The zero-order valence-corrected chi connectivity index (χ0v) is 22.9. The molecule has 3 amide bonds. The second-order valence-electron chi connectivity index (χ2n) is 11.4. The zero-order chi connectivity index (χ0) is 27.8. The van der Waals surface area contributed by atoms with Crippen LogP contribution in [-0.2, 0) is 25.7 Å². The second kappa shape index (κ2) is 10.7. The number of carbonyl (C=O) groups is 3. The molecule has 8 nitrogen and oxygen atoms in total. The molecule has 3 aliphatic rings. The summed E-state index contributed by atoms with van der Waals surface area (Å²) < 4.78 is 6.77. The first-order valence-electron chi connectivity index (χ1n) is 14.1. The number of aliphatic hydroxyl groups excluding tert-OH is 1. The second-order valence-corrected chi connectivity index (χ2v) is 11.4. The van der Waals surface area contributed by atoms with E-state index >= 15 is 0 Å². The highest BCUT2D eigenvalue weighted by atomic mass is 16.5. The number of nitrogens with zero attached hydrogens (tertiary/aromatic N) is 1. The van der Waals surface area contributed by atoms with Gasteiger partial charge < -0.3 is 25.4 Å². The topological polar surface area (TPSA) is 108 Å². The SMILES string of the molecule is CCCCNC(=O)C1N([C@H](CO)c2ccccc2)C(=O)[C@@H]2[C@@H](C(=O)NCc3ccccc3)[C@]3(C)OC12CC3C. The van der Waals surface area contributed by atoms with Crippen LogP contribution in [0, 0.1) is 17.8 Å². The van der Waals surface area contributed by atoms with Gasteiger partial charge in [-0.3, -0.25) is 14.4 Å². The number of unbranched alkanes of at least 4 members (excludes halogenated alkanes) is 1. The number of benzene rings is 2. The molecule has 0 saturated carbocycles. The maximum absolute atomic E-state index is 14.4. The number of likely N-dealkylation sites (tertiary alicyclic amines) is 1. The first kappa shape index (κ1) is 27.3. The van der Waals surface area contributed by atoms with Crippen molar-refractivity contribution in [2.75, 3.05) is 13.2 Å². The van der Waals surface area contributed by atoms with Crippen LogP contribution in [-0.4, -0.2) is 58.1 Å². The fraction of sp³-hybridized carbons (Fsp3) is 0.516. The van der Waals surface area contributed by atoms with Gasteiger partial charge in [0.05, 0.1) is 30.1 Å². The summed E-state index contributed by atoms with van der Waals surface area (Å²) >= 11 is 0. The maximum atomic E-state index is 14.4. The fourth-order valence-electron chi connectivity index (χ4n) is 7.12. The summed E-state index contributed by atoms with van der Waals surface area (Å²) in [5.41, 5.74) is -0.357. The number of hydrogen-bond donors (Lipinski definition) is 3. The third kappa shape index (κ3) is 4.43. The quantitative estimate of drug-likeness (QED) is 0.407. The van der Waals surface area contributed by atoms with Crippen molar-refractivity contribution in [3.05, 3.63) is 71.8 Å². The summed E-state index contributed by atoms with van der Waals surface area (Å²) in [4.78, 5) is 43.6. The Balaban J connectivity index is 1.54. The molecule has 3 saturated heterocycles. The highest BCUT2D eigenvalue weighted by Crippen LogP contribution is 2.65. The summed E-state index contributed by atoms with van der Waals surface area (Å²) in [6.07, 6.45) is 2.21. The average Bonchev–Trinajstić information content (AvgIpc) is 3.46. The van der Waals surface area contributed by atoms with Crippen molar-refractivity contribution in [1.29, 1.82) is 0 Å². The summed E-state index contributed by atoms with van der Waals surface area (Å²) in [6, 6.07) is 17.2. The molecule has 3 heterocycles. The number of fused-ring (bicyclic) bond motifs is 1. The van der Waals surface area contributed by atoms with Gasteiger partial charge in [-0.1, -0.05) is 80.9 Å². The molecule has 0 aromatic heterocycles. The lowest BCUT2D eigenvalue weighted by molar-refractivity contribution is -0.151. The standard InChI is InChI=1S/C31H39N3O5/c1-4-5-16-32-28(37)26-31-17-20(2)30(3,39-31)24(27(36)33-18-21-12-8-6-9-13-21)25(31)29(38)34(26)23(19-35)22-14-10-7-11-15-22/h6-15,20,23-26,35H,4-5,16-19H2,1-3H3,(H,32,37)(H,33,36)/t20?,23-,24+,25+,26?,30-,31?/m1/s1. The van der Waals surface area contributed by atoms with Crippen LogP contribution in [0.1, 0.15) is 57.2 Å². The van der Waals surface area contributed by atoms with Crippen molar-refractivity contribution in [3.63, 3.8) is 0 Å². The molecule has 0 radical (unpaired) electrons. The summed E-state index contributed by atoms with van der Waals surface area (Å²) in [5, 5.41) is 16.6. The molecule has 3 fully saturated rings. The molecule has 7 atom stereocenters. The van der Waals surface area contributed by atoms with E-state index in [-0.39, 0.29) is 30.2 Å². The van der Waals surface area contributed by atoms with Crippen LogP contribution >= 0.6 is 0 Å². The molecule has 8 heteroatoms. The van der Waals surface area contributed by atoms with E-state index in [0.29, 0.717) is 19.5 Å². The van der Waals surface area contributed by atoms with E-state index in [0.717, 1.165) is 24.0 Å². The van der Waals surface area contributed by atoms with Crippen molar-refractivity contribution in [3.8, 4) is 0 Å². The van der Waals surface area contributed by atoms with Crippen LogP contribution in [0.25, 0.3) is 0 Å². The number of carbonyl (C=O) groups excluding carboxylic acids is 3. The highest BCUT2D eigenvalue weighted by Gasteiger charge is 2.80. The normalized spacial score (nSPS) is 31.7. The van der Waals surface area contributed by atoms with Crippen molar-refractivity contribution >= 4 is 17.7 Å². The average molecular weight is 534 g/mol. The van der Waals surface area contributed by atoms with Gasteiger partial charge in [0.25, 0.3) is 0 Å². The summed E-state index contributed by atoms with van der Waals surface area (Å²) in [5.74, 6) is -2.50. The molecule has 3 unspecified atom stereocenters. The number of aliphatic hydroxyl groups is 1. The van der Waals surface area contributed by atoms with E-state index in [1.54, 1.807) is 0 Å². The largest absolute Gasteiger partial charge is 0.394 e. The van der Waals surface area contributed by atoms with Gasteiger partial charge in [0, 0.05) is 13.1 Å². The Bertz CT molecular complexity index is 1210. The molecule has 2 aromatic carbocycles. The lowest BCUT2D eigenvalue weighted by Gasteiger charge is -2.37. The molecule has 3 aliphatic heterocycles. The van der Waals surface area contributed by atoms with Crippen LogP contribution in [0.4, 0.5) is 0 Å². The van der Waals surface area contributed by atoms with Crippen LogP contribution in [0.3, 0.4) is 0 Å². The summed E-state index contributed by atoms with van der Waals surface area (Å²) in [6.45, 7) is 6.45. The van der Waals surface area contributed by atoms with Crippen molar-refractivity contribution in [2.45, 2.75) is 69.9 Å². The number of hydrogen-bond acceptors (Lipinski definition) is 5. The number of nitrogens with one attached hydrogen (secondary N) is 2. The zero-order valence-electron chi connectivity index (χ0n) is 22.9. The minimum Gasteiger partial charge on any atom is -0.394 e. The summed E-state index contributed by atoms with van der Waals surface area (Å²) in [7, 11) is 0.